The monoisotopic (exact) mass is 778 g/mol. The van der Waals surface area contributed by atoms with Crippen molar-refractivity contribution in [2.75, 3.05) is 33.8 Å². The zero-order valence-electron chi connectivity index (χ0n) is 30.4. The summed E-state index contributed by atoms with van der Waals surface area (Å²) < 4.78 is 43.1. The zero-order chi connectivity index (χ0) is 41.0. The number of amides is 2. The summed E-state index contributed by atoms with van der Waals surface area (Å²) in [5, 5.41) is 22.9. The first-order valence-corrected chi connectivity index (χ1v) is 16.2. The second kappa shape index (κ2) is 19.5. The largest absolute Gasteiger partial charge is 0.463 e. The van der Waals surface area contributed by atoms with Crippen LogP contribution < -0.4 is 9.47 Å². The highest BCUT2D eigenvalue weighted by Crippen LogP contribution is 2.35. The molecule has 0 unspecified atom stereocenters. The lowest BCUT2D eigenvalue weighted by atomic mass is 9.98. The molecule has 22 heteroatoms. The van der Waals surface area contributed by atoms with Crippen LogP contribution >= 0.6 is 0 Å². The van der Waals surface area contributed by atoms with Crippen molar-refractivity contribution >= 4 is 47.4 Å². The van der Waals surface area contributed by atoms with Gasteiger partial charge in [-0.25, -0.2) is 9.59 Å². The summed E-state index contributed by atoms with van der Waals surface area (Å²) in [5.74, 6) is -3.77. The van der Waals surface area contributed by atoms with Gasteiger partial charge in [-0.3, -0.25) is 39.4 Å². The average molecular weight is 779 g/mol. The molecule has 0 radical (unpaired) electrons. The molecular formula is C33H38N4O18. The molecule has 2 aromatic rings. The van der Waals surface area contributed by atoms with E-state index in [1.807, 2.05) is 0 Å². The molecule has 55 heavy (non-hydrogen) atoms. The molecule has 1 heterocycles. The van der Waals surface area contributed by atoms with Crippen molar-refractivity contribution in [3.8, 4) is 11.5 Å². The van der Waals surface area contributed by atoms with Crippen LogP contribution in [0.25, 0.3) is 0 Å². The van der Waals surface area contributed by atoms with Crippen molar-refractivity contribution in [1.82, 2.24) is 9.80 Å². The number of rotatable bonds is 15. The number of nitro groups is 2. The van der Waals surface area contributed by atoms with Crippen LogP contribution in [0.1, 0.15) is 33.3 Å². The molecule has 1 aliphatic rings. The van der Waals surface area contributed by atoms with Gasteiger partial charge in [-0.2, -0.15) is 0 Å². The highest BCUT2D eigenvalue weighted by Gasteiger charge is 2.53. The number of non-ortho nitro benzene ring substituents is 1. The predicted molar refractivity (Wildman–Crippen MR) is 180 cm³/mol. The van der Waals surface area contributed by atoms with E-state index >= 15 is 0 Å². The summed E-state index contributed by atoms with van der Waals surface area (Å²) in [4.78, 5) is 96.6. The highest BCUT2D eigenvalue weighted by molar-refractivity contribution is 5.71. The Hall–Kier alpha value is -6.58. The van der Waals surface area contributed by atoms with Crippen molar-refractivity contribution in [2.24, 2.45) is 0 Å². The van der Waals surface area contributed by atoms with Crippen LogP contribution in [0.5, 0.6) is 11.5 Å². The third kappa shape index (κ3) is 12.8. The summed E-state index contributed by atoms with van der Waals surface area (Å²) in [6, 6.07) is 8.36. The number of carbonyl (C=O) groups is 6. The van der Waals surface area contributed by atoms with E-state index in [9.17, 15) is 49.0 Å². The first kappa shape index (κ1) is 42.8. The smallest absolute Gasteiger partial charge is 0.415 e. The summed E-state index contributed by atoms with van der Waals surface area (Å²) in [5.41, 5.74) is -0.690. The molecule has 2 aromatic carbocycles. The van der Waals surface area contributed by atoms with Gasteiger partial charge in [-0.15, -0.1) is 0 Å². The molecule has 1 fully saturated rings. The van der Waals surface area contributed by atoms with Gasteiger partial charge in [0.05, 0.1) is 9.85 Å². The maximum absolute atomic E-state index is 12.7. The molecule has 2 amide bonds. The maximum Gasteiger partial charge on any atom is 0.415 e. The van der Waals surface area contributed by atoms with Gasteiger partial charge >= 0.3 is 41.8 Å². The number of hydrogen-bond donors (Lipinski definition) is 0. The standard InChI is InChI=1S/C33H38N4O18/c1-18(38)48-17-27-28(50-19(2)39)29(51-20(3)40)30(52-21(4)41)31(55-27)54-26-12-7-22(15-25(26)37(46)47)16-49-32(42)34(5)13-14-35(6)33(43)53-24-10-8-23(9-11-24)36(44)45/h7-12,15,27-31H,13-14,16-17H2,1-6H3/t27-,28+,29+,30-,31-/m1/s1. The minimum atomic E-state index is -1.75. The lowest BCUT2D eigenvalue weighted by Gasteiger charge is -2.43. The van der Waals surface area contributed by atoms with Gasteiger partial charge in [0.15, 0.2) is 18.0 Å². The van der Waals surface area contributed by atoms with E-state index in [0.29, 0.717) is 0 Å². The Bertz CT molecular complexity index is 1770. The van der Waals surface area contributed by atoms with Gasteiger partial charge in [0, 0.05) is 73.1 Å². The fourth-order valence-corrected chi connectivity index (χ4v) is 4.86. The van der Waals surface area contributed by atoms with Crippen LogP contribution in [0, 0.1) is 20.2 Å². The number of nitro benzene ring substituents is 2. The molecule has 0 N–H and O–H groups in total. The van der Waals surface area contributed by atoms with Gasteiger partial charge in [0.25, 0.3) is 5.69 Å². The first-order chi connectivity index (χ1) is 25.9. The minimum Gasteiger partial charge on any atom is -0.463 e. The SMILES string of the molecule is CC(=O)OC[C@H]1O[C@@H](Oc2ccc(COC(=O)N(C)CCN(C)C(=O)Oc3ccc([N+](=O)[O-])cc3)cc2[N+](=O)[O-])[C@H](OC(C)=O)[C@@H](OC(C)=O)[C@H]1OC(C)=O. The summed E-state index contributed by atoms with van der Waals surface area (Å²) >= 11 is 0. The Kier molecular flexibility index (Phi) is 15.2. The van der Waals surface area contributed by atoms with E-state index in [4.69, 9.17) is 37.9 Å². The van der Waals surface area contributed by atoms with Crippen LogP contribution in [-0.2, 0) is 54.2 Å². The third-order valence-corrected chi connectivity index (χ3v) is 7.42. The second-order valence-electron chi connectivity index (χ2n) is 11.8. The highest BCUT2D eigenvalue weighted by atomic mass is 16.7. The molecule has 0 bridgehead atoms. The van der Waals surface area contributed by atoms with Gasteiger partial charge < -0.3 is 47.7 Å². The van der Waals surface area contributed by atoms with E-state index < -0.39 is 101 Å². The minimum absolute atomic E-state index is 0.00579. The summed E-state index contributed by atoms with van der Waals surface area (Å²) in [7, 11) is 2.78. The molecular weight excluding hydrogens is 740 g/mol. The Morgan fingerprint density at radius 3 is 1.82 bits per heavy atom. The number of esters is 4. The summed E-state index contributed by atoms with van der Waals surface area (Å²) in [6.45, 7) is 3.15. The van der Waals surface area contributed by atoms with E-state index in [1.54, 1.807) is 0 Å². The number of carbonyl (C=O) groups excluding carboxylic acids is 6. The fourth-order valence-electron chi connectivity index (χ4n) is 4.86. The summed E-state index contributed by atoms with van der Waals surface area (Å²) in [6.07, 6.45) is -9.48. The lowest BCUT2D eigenvalue weighted by Crippen LogP contribution is -2.63. The van der Waals surface area contributed by atoms with Crippen molar-refractivity contribution in [3.05, 3.63) is 68.3 Å². The molecule has 0 aliphatic carbocycles. The molecule has 5 atom stereocenters. The van der Waals surface area contributed by atoms with E-state index in [-0.39, 0.29) is 30.1 Å². The van der Waals surface area contributed by atoms with E-state index in [1.165, 1.54) is 44.4 Å². The number of nitrogens with zero attached hydrogens (tertiary/aromatic N) is 4. The molecule has 0 spiro atoms. The van der Waals surface area contributed by atoms with Gasteiger partial charge in [-0.05, 0) is 23.8 Å². The van der Waals surface area contributed by atoms with Crippen molar-refractivity contribution in [1.29, 1.82) is 0 Å². The van der Waals surface area contributed by atoms with Crippen LogP contribution in [0.15, 0.2) is 42.5 Å². The molecule has 0 saturated carbocycles. The van der Waals surface area contributed by atoms with Crippen LogP contribution in [0.2, 0.25) is 0 Å². The van der Waals surface area contributed by atoms with Crippen molar-refractivity contribution < 1.29 is 76.5 Å². The van der Waals surface area contributed by atoms with Gasteiger partial charge in [0.2, 0.25) is 12.4 Å². The second-order valence-corrected chi connectivity index (χ2v) is 11.8. The quantitative estimate of drug-likeness (QED) is 0.109. The topological polar surface area (TPSA) is 269 Å². The van der Waals surface area contributed by atoms with Crippen LogP contribution in [0.4, 0.5) is 21.0 Å². The molecule has 22 nitrogen and oxygen atoms in total. The number of likely N-dealkylation sites (N-methyl/N-ethyl adjacent to an activating group) is 2. The molecule has 1 aliphatic heterocycles. The Labute approximate surface area is 312 Å². The zero-order valence-corrected chi connectivity index (χ0v) is 30.4. The van der Waals surface area contributed by atoms with E-state index in [0.717, 1.165) is 49.6 Å². The third-order valence-electron chi connectivity index (χ3n) is 7.42. The lowest BCUT2D eigenvalue weighted by molar-refractivity contribution is -0.387. The average Bonchev–Trinajstić information content (AvgIpc) is 3.10. The Balaban J connectivity index is 1.72. The molecule has 298 valence electrons. The predicted octanol–water partition coefficient (Wildman–Crippen LogP) is 2.66. The fraction of sp³-hybridized carbons (Fsp3) is 0.455. The number of hydrogen-bond acceptors (Lipinski definition) is 18. The first-order valence-electron chi connectivity index (χ1n) is 16.2. The number of ether oxygens (including phenoxy) is 8. The molecule has 1 saturated heterocycles. The normalized spacial score (nSPS) is 18.8. The number of benzene rings is 2. The molecule has 3 rings (SSSR count). The Morgan fingerprint density at radius 2 is 1.27 bits per heavy atom. The van der Waals surface area contributed by atoms with Gasteiger partial charge in [-0.1, -0.05) is 6.07 Å². The van der Waals surface area contributed by atoms with Crippen molar-refractivity contribution in [2.45, 2.75) is 65.0 Å². The Morgan fingerprint density at radius 1 is 0.709 bits per heavy atom. The van der Waals surface area contributed by atoms with Crippen molar-refractivity contribution in [3.63, 3.8) is 0 Å². The van der Waals surface area contributed by atoms with Crippen LogP contribution in [-0.4, -0.2) is 120 Å². The molecule has 0 aromatic heterocycles. The van der Waals surface area contributed by atoms with E-state index in [2.05, 4.69) is 0 Å². The van der Waals surface area contributed by atoms with Crippen LogP contribution in [0.3, 0.4) is 0 Å². The maximum atomic E-state index is 12.7. The van der Waals surface area contributed by atoms with Gasteiger partial charge in [0.1, 0.15) is 25.1 Å².